The van der Waals surface area contributed by atoms with E-state index < -0.39 is 4.92 Å². The number of nitrogens with zero attached hydrogens (tertiary/aromatic N) is 1. The van der Waals surface area contributed by atoms with E-state index in [9.17, 15) is 10.1 Å². The van der Waals surface area contributed by atoms with Crippen molar-refractivity contribution in [1.29, 1.82) is 0 Å². The lowest BCUT2D eigenvalue weighted by Crippen LogP contribution is -1.84. The highest BCUT2D eigenvalue weighted by molar-refractivity contribution is 5.27. The van der Waals surface area contributed by atoms with Gasteiger partial charge in [0.1, 0.15) is 0 Å². The van der Waals surface area contributed by atoms with E-state index in [2.05, 4.69) is 0 Å². The molecule has 9 heavy (non-hydrogen) atoms. The third-order valence-corrected chi connectivity index (χ3v) is 0.889. The normalized spacial score (nSPS) is 10.4. The van der Waals surface area contributed by atoms with Crippen molar-refractivity contribution >= 4 is 5.69 Å². The third kappa shape index (κ3) is 1.25. The zero-order valence-corrected chi connectivity index (χ0v) is 4.57. The highest BCUT2D eigenvalue weighted by Crippen LogP contribution is 2.06. The molecular formula is C6H5NO2. The van der Waals surface area contributed by atoms with Gasteiger partial charge in [-0.3, -0.25) is 10.1 Å². The molecule has 0 aromatic heterocycles. The summed E-state index contributed by atoms with van der Waals surface area (Å²) < 4.78 is 7.06. The lowest BCUT2D eigenvalue weighted by molar-refractivity contribution is -0.384. The lowest BCUT2D eigenvalue weighted by atomic mass is 10.3. The second kappa shape index (κ2) is 2.26. The number of para-hydroxylation sites is 1. The van der Waals surface area contributed by atoms with Crippen molar-refractivity contribution in [2.75, 3.05) is 0 Å². The average Bonchev–Trinajstić information content (AvgIpc) is 1.88. The highest BCUT2D eigenvalue weighted by Gasteiger charge is 1.98. The smallest absolute Gasteiger partial charge is 0.258 e. The predicted octanol–water partition coefficient (Wildman–Crippen LogP) is 1.59. The maximum absolute atomic E-state index is 10.1. The van der Waals surface area contributed by atoms with Crippen molar-refractivity contribution < 1.29 is 6.29 Å². The van der Waals surface area contributed by atoms with Crippen LogP contribution in [0.3, 0.4) is 0 Å². The van der Waals surface area contributed by atoms with Crippen LogP contribution in [0.15, 0.2) is 30.3 Å². The number of hydrogen-bond acceptors (Lipinski definition) is 2. The van der Waals surface area contributed by atoms with E-state index in [4.69, 9.17) is 1.37 Å². The monoisotopic (exact) mass is 125 g/mol. The zero-order chi connectivity index (χ0) is 7.56. The Balaban J connectivity index is 3.15. The molecule has 3 nitrogen and oxygen atoms in total. The Labute approximate surface area is 53.5 Å². The van der Waals surface area contributed by atoms with Crippen LogP contribution in [0.4, 0.5) is 5.69 Å². The fraction of sp³-hybridized carbons (Fsp3) is 0. The molecular weight excluding hydrogens is 118 g/mol. The largest absolute Gasteiger partial charge is 0.269 e. The van der Waals surface area contributed by atoms with Gasteiger partial charge >= 0.3 is 0 Å². The van der Waals surface area contributed by atoms with Crippen LogP contribution in [0.5, 0.6) is 0 Å². The second-order valence-corrected chi connectivity index (χ2v) is 1.50. The maximum Gasteiger partial charge on any atom is 0.269 e. The summed E-state index contributed by atoms with van der Waals surface area (Å²) in [5.41, 5.74) is -0.150. The molecule has 0 saturated heterocycles. The maximum atomic E-state index is 10.1. The van der Waals surface area contributed by atoms with Crippen molar-refractivity contribution in [2.24, 2.45) is 0 Å². The summed E-state index contributed by atoms with van der Waals surface area (Å²) in [6.07, 6.45) is 0. The standard InChI is InChI=1S/C6H5NO2/c8-7(9)6-4-2-1-3-5-6/h1-5H/i4T. The van der Waals surface area contributed by atoms with E-state index in [1.807, 2.05) is 0 Å². The second-order valence-electron chi connectivity index (χ2n) is 1.50. The van der Waals surface area contributed by atoms with Crippen LogP contribution in [0, 0.1) is 10.1 Å². The number of nitro benzene ring substituents is 1. The molecule has 0 bridgehead atoms. The minimum atomic E-state index is -0.567. The lowest BCUT2D eigenvalue weighted by Gasteiger charge is -1.85. The van der Waals surface area contributed by atoms with Gasteiger partial charge in [0.15, 0.2) is 0 Å². The topological polar surface area (TPSA) is 43.1 Å². The molecule has 0 amide bonds. The van der Waals surface area contributed by atoms with E-state index in [0.717, 1.165) is 0 Å². The average molecular weight is 125 g/mol. The van der Waals surface area contributed by atoms with Crippen LogP contribution in [-0.2, 0) is 0 Å². The van der Waals surface area contributed by atoms with Crippen LogP contribution in [0.25, 0.3) is 0 Å². The number of nitro groups is 1. The summed E-state index contributed by atoms with van der Waals surface area (Å²) >= 11 is 0. The fourth-order valence-corrected chi connectivity index (χ4v) is 0.497. The summed E-state index contributed by atoms with van der Waals surface area (Å²) in [5.74, 6) is 0. The Bertz CT molecular complexity index is 262. The molecule has 0 aliphatic rings. The molecule has 0 spiro atoms. The zero-order valence-electron chi connectivity index (χ0n) is 5.57. The molecule has 0 heterocycles. The Morgan fingerprint density at radius 3 is 2.78 bits per heavy atom. The van der Waals surface area contributed by atoms with Gasteiger partial charge in [0.05, 0.1) is 6.29 Å². The van der Waals surface area contributed by atoms with Gasteiger partial charge in [-0.25, -0.2) is 0 Å². The Morgan fingerprint density at radius 1 is 1.56 bits per heavy atom. The SMILES string of the molecule is [3H]c1ccccc1[N+](=O)[O-]. The van der Waals surface area contributed by atoms with Gasteiger partial charge in [0, 0.05) is 12.1 Å². The molecule has 0 aliphatic heterocycles. The van der Waals surface area contributed by atoms with Gasteiger partial charge in [-0.15, -0.1) is 0 Å². The van der Waals surface area contributed by atoms with E-state index in [0.29, 0.717) is 0 Å². The van der Waals surface area contributed by atoms with E-state index >= 15 is 0 Å². The van der Waals surface area contributed by atoms with E-state index in [-0.39, 0.29) is 11.7 Å². The van der Waals surface area contributed by atoms with Crippen LogP contribution >= 0.6 is 0 Å². The van der Waals surface area contributed by atoms with E-state index in [1.54, 1.807) is 6.07 Å². The molecule has 0 N–H and O–H groups in total. The van der Waals surface area contributed by atoms with Crippen molar-refractivity contribution in [3.63, 3.8) is 0 Å². The van der Waals surface area contributed by atoms with Crippen molar-refractivity contribution in [3.8, 4) is 0 Å². The Hall–Kier alpha value is -1.38. The summed E-state index contributed by atoms with van der Waals surface area (Å²) in [6.45, 7) is 0. The predicted molar refractivity (Wildman–Crippen MR) is 33.1 cm³/mol. The fourth-order valence-electron chi connectivity index (χ4n) is 0.497. The molecule has 0 saturated carbocycles. The van der Waals surface area contributed by atoms with Gasteiger partial charge < -0.3 is 0 Å². The molecule has 0 radical (unpaired) electrons. The number of benzene rings is 1. The quantitative estimate of drug-likeness (QED) is 0.422. The summed E-state index contributed by atoms with van der Waals surface area (Å²) in [7, 11) is 0. The van der Waals surface area contributed by atoms with Crippen LogP contribution < -0.4 is 0 Å². The number of rotatable bonds is 1. The molecule has 0 aliphatic carbocycles. The molecule has 1 rings (SSSR count). The first-order chi connectivity index (χ1) is 4.72. The molecule has 1 aromatic rings. The summed E-state index contributed by atoms with van der Waals surface area (Å²) in [6, 6.07) is 5.78. The first kappa shape index (κ1) is 4.49. The first-order valence-corrected chi connectivity index (χ1v) is 2.42. The minimum absolute atomic E-state index is 0.0486. The van der Waals surface area contributed by atoms with E-state index in [1.165, 1.54) is 18.2 Å². The van der Waals surface area contributed by atoms with Gasteiger partial charge in [-0.1, -0.05) is 18.2 Å². The molecule has 3 heteroatoms. The van der Waals surface area contributed by atoms with Crippen LogP contribution in [0.2, 0.25) is 0 Å². The Kier molecular flexibility index (Phi) is 1.13. The Morgan fingerprint density at radius 2 is 2.33 bits per heavy atom. The van der Waals surface area contributed by atoms with Crippen LogP contribution in [-0.4, -0.2) is 4.92 Å². The molecule has 0 fully saturated rings. The third-order valence-electron chi connectivity index (χ3n) is 0.889. The number of hydrogen-bond donors (Lipinski definition) is 0. The molecule has 0 atom stereocenters. The highest BCUT2D eigenvalue weighted by atomic mass is 16.6. The van der Waals surface area contributed by atoms with Gasteiger partial charge in [0.2, 0.25) is 0 Å². The summed E-state index contributed by atoms with van der Waals surface area (Å²) in [5, 5.41) is 10.1. The van der Waals surface area contributed by atoms with Crippen molar-refractivity contribution in [3.05, 3.63) is 40.4 Å². The minimum Gasteiger partial charge on any atom is -0.258 e. The van der Waals surface area contributed by atoms with Gasteiger partial charge in [-0.2, -0.15) is 0 Å². The summed E-state index contributed by atoms with van der Waals surface area (Å²) in [4.78, 5) is 9.54. The van der Waals surface area contributed by atoms with Crippen molar-refractivity contribution in [1.82, 2.24) is 0 Å². The van der Waals surface area contributed by atoms with Crippen molar-refractivity contribution in [2.45, 2.75) is 0 Å². The molecule has 0 unspecified atom stereocenters. The van der Waals surface area contributed by atoms with Gasteiger partial charge in [0.25, 0.3) is 5.69 Å². The van der Waals surface area contributed by atoms with Gasteiger partial charge in [-0.05, 0) is 0 Å². The molecule has 1 aromatic carbocycles. The first-order valence-electron chi connectivity index (χ1n) is 2.92. The molecule has 46 valence electrons. The van der Waals surface area contributed by atoms with Crippen LogP contribution in [0.1, 0.15) is 1.37 Å².